The van der Waals surface area contributed by atoms with Crippen LogP contribution in [0.15, 0.2) is 24.3 Å². The summed E-state index contributed by atoms with van der Waals surface area (Å²) in [5, 5.41) is 0. The van der Waals surface area contributed by atoms with E-state index in [4.69, 9.17) is 10.5 Å². The molecule has 1 aliphatic rings. The number of para-hydroxylation sites is 2. The number of fused-ring (bicyclic) bond motifs is 1. The highest BCUT2D eigenvalue weighted by atomic mass is 16.5. The third-order valence-corrected chi connectivity index (χ3v) is 3.92. The van der Waals surface area contributed by atoms with E-state index >= 15 is 0 Å². The Labute approximate surface area is 110 Å². The minimum absolute atomic E-state index is 0.401. The first kappa shape index (κ1) is 13.2. The largest absolute Gasteiger partial charge is 0.491 e. The number of ether oxygens (including phenoxy) is 1. The monoisotopic (exact) mass is 248 g/mol. The average Bonchev–Trinajstić information content (AvgIpc) is 2.62. The topological polar surface area (TPSA) is 38.5 Å². The molecule has 0 aromatic heterocycles. The van der Waals surface area contributed by atoms with Gasteiger partial charge in [0, 0.05) is 19.1 Å². The summed E-state index contributed by atoms with van der Waals surface area (Å²) >= 11 is 0. The van der Waals surface area contributed by atoms with Crippen LogP contribution >= 0.6 is 0 Å². The molecule has 1 aromatic rings. The molecule has 1 aliphatic heterocycles. The fourth-order valence-corrected chi connectivity index (χ4v) is 2.64. The van der Waals surface area contributed by atoms with Gasteiger partial charge in [0.05, 0.1) is 12.3 Å². The number of nitrogens with zero attached hydrogens (tertiary/aromatic N) is 1. The zero-order chi connectivity index (χ0) is 13.0. The molecule has 18 heavy (non-hydrogen) atoms. The van der Waals surface area contributed by atoms with E-state index in [-0.39, 0.29) is 0 Å². The molecule has 0 spiro atoms. The van der Waals surface area contributed by atoms with Crippen molar-refractivity contribution in [1.82, 2.24) is 0 Å². The zero-order valence-electron chi connectivity index (χ0n) is 11.4. The minimum atomic E-state index is 0.401. The van der Waals surface area contributed by atoms with Gasteiger partial charge in [-0.05, 0) is 24.5 Å². The van der Waals surface area contributed by atoms with Crippen LogP contribution in [-0.2, 0) is 0 Å². The van der Waals surface area contributed by atoms with Crippen LogP contribution in [0.5, 0.6) is 5.75 Å². The Morgan fingerprint density at radius 1 is 1.39 bits per heavy atom. The molecule has 0 fully saturated rings. The van der Waals surface area contributed by atoms with Crippen LogP contribution < -0.4 is 15.4 Å². The summed E-state index contributed by atoms with van der Waals surface area (Å²) in [7, 11) is 0. The van der Waals surface area contributed by atoms with E-state index in [9.17, 15) is 0 Å². The summed E-state index contributed by atoms with van der Waals surface area (Å²) in [6, 6.07) is 8.70. The van der Waals surface area contributed by atoms with E-state index in [2.05, 4.69) is 36.9 Å². The maximum absolute atomic E-state index is 6.01. The third kappa shape index (κ3) is 2.61. The van der Waals surface area contributed by atoms with Crippen molar-refractivity contribution in [1.29, 1.82) is 0 Å². The molecule has 0 radical (unpaired) electrons. The van der Waals surface area contributed by atoms with E-state index in [0.717, 1.165) is 31.7 Å². The van der Waals surface area contributed by atoms with Gasteiger partial charge in [-0.3, -0.25) is 0 Å². The molecule has 1 heterocycles. The lowest BCUT2D eigenvalue weighted by Crippen LogP contribution is -2.45. The summed E-state index contributed by atoms with van der Waals surface area (Å²) in [6.45, 7) is 7.04. The van der Waals surface area contributed by atoms with Crippen LogP contribution in [0.2, 0.25) is 0 Å². The number of benzene rings is 1. The fraction of sp³-hybridized carbons (Fsp3) is 0.600. The maximum atomic E-state index is 6.01. The van der Waals surface area contributed by atoms with Crippen LogP contribution in [0.4, 0.5) is 5.69 Å². The molecule has 2 atom stereocenters. The van der Waals surface area contributed by atoms with Gasteiger partial charge in [0.25, 0.3) is 0 Å². The standard InChI is InChI=1S/C15H24N2O/c1-3-12(2)14(11-16)17-9-6-10-18-15-8-5-4-7-13(15)17/h4-5,7-8,12,14H,3,6,9-11,16H2,1-2H3. The van der Waals surface area contributed by atoms with Crippen molar-refractivity contribution in [3.63, 3.8) is 0 Å². The maximum Gasteiger partial charge on any atom is 0.142 e. The summed E-state index contributed by atoms with van der Waals surface area (Å²) in [4.78, 5) is 2.44. The van der Waals surface area contributed by atoms with Crippen LogP contribution in [0.3, 0.4) is 0 Å². The summed E-state index contributed by atoms with van der Waals surface area (Å²) in [5.74, 6) is 1.60. The number of hydrogen-bond donors (Lipinski definition) is 1. The van der Waals surface area contributed by atoms with Gasteiger partial charge in [-0.2, -0.15) is 0 Å². The summed E-state index contributed by atoms with van der Waals surface area (Å²) in [6.07, 6.45) is 2.21. The molecule has 3 nitrogen and oxygen atoms in total. The van der Waals surface area contributed by atoms with Gasteiger partial charge in [-0.1, -0.05) is 32.4 Å². The van der Waals surface area contributed by atoms with Crippen LogP contribution in [0.1, 0.15) is 26.7 Å². The van der Waals surface area contributed by atoms with Crippen LogP contribution in [0, 0.1) is 5.92 Å². The Morgan fingerprint density at radius 3 is 2.89 bits per heavy atom. The molecule has 3 heteroatoms. The van der Waals surface area contributed by atoms with E-state index in [1.807, 2.05) is 6.07 Å². The van der Waals surface area contributed by atoms with Crippen molar-refractivity contribution in [2.45, 2.75) is 32.7 Å². The highest BCUT2D eigenvalue weighted by Gasteiger charge is 2.25. The summed E-state index contributed by atoms with van der Waals surface area (Å²) < 4.78 is 5.80. The van der Waals surface area contributed by atoms with Gasteiger partial charge in [0.15, 0.2) is 0 Å². The first-order chi connectivity index (χ1) is 8.77. The fourth-order valence-electron chi connectivity index (χ4n) is 2.64. The lowest BCUT2D eigenvalue weighted by Gasteiger charge is -2.36. The predicted molar refractivity (Wildman–Crippen MR) is 76.2 cm³/mol. The Morgan fingerprint density at radius 2 is 2.17 bits per heavy atom. The van der Waals surface area contributed by atoms with Crippen molar-refractivity contribution >= 4 is 5.69 Å². The Bertz CT molecular complexity index is 381. The third-order valence-electron chi connectivity index (χ3n) is 3.92. The van der Waals surface area contributed by atoms with Gasteiger partial charge in [-0.15, -0.1) is 0 Å². The van der Waals surface area contributed by atoms with E-state index in [1.54, 1.807) is 0 Å². The minimum Gasteiger partial charge on any atom is -0.491 e. The highest BCUT2D eigenvalue weighted by Crippen LogP contribution is 2.33. The molecule has 0 bridgehead atoms. The quantitative estimate of drug-likeness (QED) is 0.890. The average molecular weight is 248 g/mol. The molecule has 2 unspecified atom stereocenters. The second-order valence-corrected chi connectivity index (χ2v) is 5.05. The second kappa shape index (κ2) is 6.10. The second-order valence-electron chi connectivity index (χ2n) is 5.05. The highest BCUT2D eigenvalue weighted by molar-refractivity contribution is 5.59. The number of rotatable bonds is 4. The Kier molecular flexibility index (Phi) is 4.48. The smallest absolute Gasteiger partial charge is 0.142 e. The molecule has 2 N–H and O–H groups in total. The molecule has 0 amide bonds. The van der Waals surface area contributed by atoms with Crippen LogP contribution in [0.25, 0.3) is 0 Å². The summed E-state index contributed by atoms with van der Waals surface area (Å²) in [5.41, 5.74) is 7.21. The Balaban J connectivity index is 2.31. The van der Waals surface area contributed by atoms with Crippen molar-refractivity contribution in [3.05, 3.63) is 24.3 Å². The molecule has 0 aliphatic carbocycles. The molecule has 0 saturated carbocycles. The lowest BCUT2D eigenvalue weighted by atomic mass is 9.96. The van der Waals surface area contributed by atoms with Gasteiger partial charge in [-0.25, -0.2) is 0 Å². The van der Waals surface area contributed by atoms with Gasteiger partial charge < -0.3 is 15.4 Å². The van der Waals surface area contributed by atoms with Crippen molar-refractivity contribution in [2.24, 2.45) is 11.7 Å². The molecular formula is C15H24N2O. The van der Waals surface area contributed by atoms with Crippen LogP contribution in [-0.4, -0.2) is 25.7 Å². The first-order valence-electron chi connectivity index (χ1n) is 6.96. The molecular weight excluding hydrogens is 224 g/mol. The number of hydrogen-bond acceptors (Lipinski definition) is 3. The lowest BCUT2D eigenvalue weighted by molar-refractivity contribution is 0.321. The van der Waals surface area contributed by atoms with Crippen molar-refractivity contribution in [2.75, 3.05) is 24.6 Å². The molecule has 0 saturated heterocycles. The predicted octanol–water partition coefficient (Wildman–Crippen LogP) is 2.65. The number of anilines is 1. The van der Waals surface area contributed by atoms with E-state index in [1.165, 1.54) is 5.69 Å². The molecule has 100 valence electrons. The van der Waals surface area contributed by atoms with Crippen molar-refractivity contribution < 1.29 is 4.74 Å². The first-order valence-corrected chi connectivity index (χ1v) is 6.96. The van der Waals surface area contributed by atoms with E-state index < -0.39 is 0 Å². The van der Waals surface area contributed by atoms with Gasteiger partial charge in [0.1, 0.15) is 5.75 Å². The zero-order valence-corrected chi connectivity index (χ0v) is 11.4. The Hall–Kier alpha value is -1.22. The van der Waals surface area contributed by atoms with Crippen molar-refractivity contribution in [3.8, 4) is 5.75 Å². The van der Waals surface area contributed by atoms with Gasteiger partial charge in [0.2, 0.25) is 0 Å². The molecule has 2 rings (SSSR count). The van der Waals surface area contributed by atoms with Gasteiger partial charge >= 0.3 is 0 Å². The normalized spacial score (nSPS) is 18.5. The number of nitrogens with two attached hydrogens (primary N) is 1. The SMILES string of the molecule is CCC(C)C(CN)N1CCCOc2ccccc21. The molecule has 1 aromatic carbocycles. The van der Waals surface area contributed by atoms with E-state index in [0.29, 0.717) is 18.5 Å².